The molecule has 3 nitrogen and oxygen atoms in total. The van der Waals surface area contributed by atoms with Gasteiger partial charge in [0.05, 0.1) is 0 Å². The molecule has 2 rings (SSSR count). The van der Waals surface area contributed by atoms with Gasteiger partial charge in [-0.25, -0.2) is 6.08 Å². The minimum atomic E-state index is 0. The van der Waals surface area contributed by atoms with E-state index in [2.05, 4.69) is 24.9 Å². The Morgan fingerprint density at radius 3 is 2.74 bits per heavy atom. The molecule has 1 atom stereocenters. The minimum absolute atomic E-state index is 0. The molecule has 95 valence electrons. The van der Waals surface area contributed by atoms with Crippen molar-refractivity contribution in [2.24, 2.45) is 5.92 Å². The summed E-state index contributed by atoms with van der Waals surface area (Å²) in [6.45, 7) is 6.19. The summed E-state index contributed by atoms with van der Waals surface area (Å²) in [4.78, 5) is 0. The van der Waals surface area contributed by atoms with Crippen molar-refractivity contribution in [2.45, 2.75) is 13.3 Å². The van der Waals surface area contributed by atoms with Gasteiger partial charge in [-0.2, -0.15) is 10.8 Å². The molecular formula is C15H15N2OY-. The van der Waals surface area contributed by atoms with Crippen LogP contribution in [0.5, 0.6) is 5.75 Å². The molecule has 1 aliphatic heterocycles. The molecule has 0 amide bonds. The maximum absolute atomic E-state index is 8.43. The molecule has 4 heteroatoms. The smallest absolute Gasteiger partial charge is 0.174 e. The van der Waals surface area contributed by atoms with Crippen LogP contribution in [-0.2, 0) is 32.7 Å². The van der Waals surface area contributed by atoms with Crippen molar-refractivity contribution in [3.8, 4) is 11.8 Å². The second-order valence-corrected chi connectivity index (χ2v) is 4.28. The molecular weight excluding hydrogens is 313 g/mol. The first-order chi connectivity index (χ1) is 8.70. The molecule has 1 unspecified atom stereocenters. The number of benzene rings is 1. The summed E-state index contributed by atoms with van der Waals surface area (Å²) >= 11 is 0. The SMILES string of the molecule is C=C1NC(c2ccc(OCC#N)cc2)=[C-]CC1C.[Y]. The van der Waals surface area contributed by atoms with E-state index in [0.29, 0.717) is 11.7 Å². The minimum Gasteiger partial charge on any atom is -0.479 e. The molecule has 0 bridgehead atoms. The average molecular weight is 328 g/mol. The molecule has 19 heavy (non-hydrogen) atoms. The first kappa shape index (κ1) is 15.9. The number of hydrogen-bond acceptors (Lipinski definition) is 3. The Kier molecular flexibility index (Phi) is 6.28. The molecule has 1 aliphatic rings. The third-order valence-electron chi connectivity index (χ3n) is 2.91. The van der Waals surface area contributed by atoms with E-state index >= 15 is 0 Å². The zero-order chi connectivity index (χ0) is 13.0. The van der Waals surface area contributed by atoms with Crippen LogP contribution in [0, 0.1) is 23.3 Å². The third kappa shape index (κ3) is 4.19. The summed E-state index contributed by atoms with van der Waals surface area (Å²) in [5, 5.41) is 11.7. The van der Waals surface area contributed by atoms with Crippen LogP contribution in [-0.4, -0.2) is 6.61 Å². The standard InChI is InChI=1S/C15H15N2O.Y/c1-11-3-8-15(17-12(11)2)13-4-6-14(7-5-13)18-10-9-16;/h4-7,11,17H,2-3,10H2,1H3;/q-1;. The second kappa shape index (κ2) is 7.48. The number of hydrogen-bond donors (Lipinski definition) is 1. The van der Waals surface area contributed by atoms with Gasteiger partial charge < -0.3 is 10.1 Å². The van der Waals surface area contributed by atoms with Gasteiger partial charge in [-0.3, -0.25) is 0 Å². The van der Waals surface area contributed by atoms with Gasteiger partial charge in [-0.1, -0.05) is 13.5 Å². The zero-order valence-corrected chi connectivity index (χ0v) is 13.8. The normalized spacial score (nSPS) is 17.6. The van der Waals surface area contributed by atoms with Crippen molar-refractivity contribution in [2.75, 3.05) is 6.61 Å². The predicted octanol–water partition coefficient (Wildman–Crippen LogP) is 2.87. The van der Waals surface area contributed by atoms with Gasteiger partial charge >= 0.3 is 0 Å². The van der Waals surface area contributed by atoms with Crippen LogP contribution >= 0.6 is 0 Å². The van der Waals surface area contributed by atoms with E-state index in [1.54, 1.807) is 0 Å². The Morgan fingerprint density at radius 2 is 2.16 bits per heavy atom. The molecule has 1 aromatic carbocycles. The maximum atomic E-state index is 8.43. The van der Waals surface area contributed by atoms with Gasteiger partial charge in [0.25, 0.3) is 0 Å². The molecule has 0 aromatic heterocycles. The fourth-order valence-corrected chi connectivity index (χ4v) is 1.71. The Bertz CT molecular complexity index is 514. The average Bonchev–Trinajstić information content (AvgIpc) is 2.40. The van der Waals surface area contributed by atoms with Crippen LogP contribution in [0.4, 0.5) is 0 Å². The summed E-state index contributed by atoms with van der Waals surface area (Å²) in [5.74, 6) is 1.12. The number of allylic oxidation sites excluding steroid dienone is 2. The van der Waals surface area contributed by atoms with Crippen LogP contribution in [0.2, 0.25) is 0 Å². The van der Waals surface area contributed by atoms with Crippen molar-refractivity contribution in [3.05, 3.63) is 48.2 Å². The van der Waals surface area contributed by atoms with Crippen molar-refractivity contribution >= 4 is 5.70 Å². The van der Waals surface area contributed by atoms with E-state index in [1.165, 1.54) is 0 Å². The number of nitrogens with one attached hydrogen (secondary N) is 1. The maximum Gasteiger partial charge on any atom is 0.174 e. The second-order valence-electron chi connectivity index (χ2n) is 4.28. The van der Waals surface area contributed by atoms with Crippen LogP contribution in [0.15, 0.2) is 36.5 Å². The van der Waals surface area contributed by atoms with Crippen molar-refractivity contribution in [1.82, 2.24) is 5.32 Å². The Balaban J connectivity index is 0.00000180. The first-order valence-electron chi connectivity index (χ1n) is 5.87. The molecule has 1 aromatic rings. The predicted molar refractivity (Wildman–Crippen MR) is 70.3 cm³/mol. The topological polar surface area (TPSA) is 45.0 Å². The molecule has 1 radical (unpaired) electrons. The number of nitrogens with zero attached hydrogens (tertiary/aromatic N) is 1. The first-order valence-corrected chi connectivity index (χ1v) is 5.87. The molecule has 0 fully saturated rings. The van der Waals surface area contributed by atoms with Crippen LogP contribution in [0.25, 0.3) is 5.70 Å². The Hall–Kier alpha value is -1.11. The van der Waals surface area contributed by atoms with Gasteiger partial charge in [-0.15, -0.1) is 24.3 Å². The molecule has 0 spiro atoms. The Morgan fingerprint density at radius 1 is 1.47 bits per heavy atom. The van der Waals surface area contributed by atoms with Crippen LogP contribution in [0.1, 0.15) is 18.9 Å². The monoisotopic (exact) mass is 328 g/mol. The summed E-state index contributed by atoms with van der Waals surface area (Å²) < 4.78 is 5.21. The summed E-state index contributed by atoms with van der Waals surface area (Å²) in [5.41, 5.74) is 3.03. The van der Waals surface area contributed by atoms with Crippen LogP contribution < -0.4 is 10.1 Å². The van der Waals surface area contributed by atoms with E-state index < -0.39 is 0 Å². The molecule has 0 saturated heterocycles. The Labute approximate surface area is 139 Å². The van der Waals surface area contributed by atoms with Gasteiger partial charge in [0.2, 0.25) is 0 Å². The fraction of sp³-hybridized carbons (Fsp3) is 0.267. The van der Waals surface area contributed by atoms with Crippen molar-refractivity contribution in [3.63, 3.8) is 0 Å². The number of nitriles is 1. The summed E-state index contributed by atoms with van der Waals surface area (Å²) in [7, 11) is 0. The van der Waals surface area contributed by atoms with Crippen molar-refractivity contribution in [1.29, 1.82) is 5.26 Å². The van der Waals surface area contributed by atoms with Gasteiger partial charge in [-0.05, 0) is 18.1 Å². The van der Waals surface area contributed by atoms with E-state index in [1.807, 2.05) is 30.3 Å². The molecule has 1 N–H and O–H groups in total. The quantitative estimate of drug-likeness (QED) is 0.868. The van der Waals surface area contributed by atoms with Gasteiger partial charge in [0, 0.05) is 38.4 Å². The molecule has 0 saturated carbocycles. The zero-order valence-electron chi connectivity index (χ0n) is 10.9. The number of ether oxygens (including phenoxy) is 1. The number of rotatable bonds is 3. The van der Waals surface area contributed by atoms with Gasteiger partial charge in [0.15, 0.2) is 6.61 Å². The van der Waals surface area contributed by atoms with Crippen LogP contribution in [0.3, 0.4) is 0 Å². The summed E-state index contributed by atoms with van der Waals surface area (Å²) in [6.07, 6.45) is 4.21. The third-order valence-corrected chi connectivity index (χ3v) is 2.91. The summed E-state index contributed by atoms with van der Waals surface area (Å²) in [6, 6.07) is 9.54. The molecule has 1 heterocycles. The van der Waals surface area contributed by atoms with Gasteiger partial charge in [0.1, 0.15) is 11.8 Å². The van der Waals surface area contributed by atoms with E-state index in [0.717, 1.165) is 23.4 Å². The molecule has 0 aliphatic carbocycles. The largest absolute Gasteiger partial charge is 0.479 e. The van der Waals surface area contributed by atoms with E-state index in [4.69, 9.17) is 10.00 Å². The van der Waals surface area contributed by atoms with E-state index in [-0.39, 0.29) is 39.3 Å². The fourth-order valence-electron chi connectivity index (χ4n) is 1.71. The van der Waals surface area contributed by atoms with Crippen molar-refractivity contribution < 1.29 is 37.4 Å². The van der Waals surface area contributed by atoms with E-state index in [9.17, 15) is 0 Å².